The van der Waals surface area contributed by atoms with Gasteiger partial charge >= 0.3 is 12.1 Å². The van der Waals surface area contributed by atoms with E-state index in [-0.39, 0.29) is 13.2 Å². The highest BCUT2D eigenvalue weighted by Crippen LogP contribution is 2.06. The van der Waals surface area contributed by atoms with Crippen LogP contribution in [0.3, 0.4) is 0 Å². The van der Waals surface area contributed by atoms with E-state index < -0.39 is 29.6 Å². The summed E-state index contributed by atoms with van der Waals surface area (Å²) in [5.41, 5.74) is -0.682. The van der Waals surface area contributed by atoms with Crippen molar-refractivity contribution >= 4 is 27.2 Å². The summed E-state index contributed by atoms with van der Waals surface area (Å²) < 4.78 is 14.6. The van der Waals surface area contributed by atoms with E-state index in [0.29, 0.717) is 6.35 Å². The van der Waals surface area contributed by atoms with E-state index in [2.05, 4.69) is 24.6 Å². The monoisotopic (exact) mass is 322 g/mol. The first-order valence-corrected chi connectivity index (χ1v) is 7.13. The van der Waals surface area contributed by atoms with Gasteiger partial charge in [0.25, 0.3) is 0 Å². The van der Waals surface area contributed by atoms with Crippen LogP contribution in [-0.4, -0.2) is 56.2 Å². The first-order chi connectivity index (χ1) is 9.69. The summed E-state index contributed by atoms with van der Waals surface area (Å²) >= 11 is 0. The van der Waals surface area contributed by atoms with Crippen molar-refractivity contribution in [1.29, 1.82) is 0 Å². The van der Waals surface area contributed by atoms with Gasteiger partial charge in [-0.05, 0) is 20.8 Å². The number of rotatable bonds is 7. The molecule has 122 valence electrons. The maximum atomic E-state index is 11.9. The van der Waals surface area contributed by atoms with E-state index in [1.54, 1.807) is 20.8 Å². The molecule has 8 nitrogen and oxygen atoms in total. The molecule has 0 aromatic heterocycles. The van der Waals surface area contributed by atoms with Gasteiger partial charge in [-0.3, -0.25) is 9.59 Å². The molecular formula is C12H23N2O6P. The molecule has 0 aliphatic rings. The minimum Gasteiger partial charge on any atom is -0.468 e. The highest BCUT2D eigenvalue weighted by atomic mass is 31.0. The molecule has 0 fully saturated rings. The Labute approximate surface area is 126 Å². The van der Waals surface area contributed by atoms with Crippen LogP contribution in [0.25, 0.3) is 0 Å². The zero-order chi connectivity index (χ0) is 16.5. The summed E-state index contributed by atoms with van der Waals surface area (Å²) in [6, 6.07) is -0.968. The zero-order valence-electron chi connectivity index (χ0n) is 12.7. The van der Waals surface area contributed by atoms with Crippen molar-refractivity contribution in [2.24, 2.45) is 0 Å². The number of alkyl carbamates (subject to hydrolysis) is 1. The molecule has 0 spiro atoms. The third-order valence-electron chi connectivity index (χ3n) is 2.04. The molecule has 0 aromatic rings. The van der Waals surface area contributed by atoms with Crippen molar-refractivity contribution < 1.29 is 28.6 Å². The molecule has 2 unspecified atom stereocenters. The Hall–Kier alpha value is -1.40. The first-order valence-electron chi connectivity index (χ1n) is 6.31. The molecule has 0 rings (SSSR count). The van der Waals surface area contributed by atoms with Gasteiger partial charge < -0.3 is 24.8 Å². The Bertz CT molecular complexity index is 369. The molecular weight excluding hydrogens is 299 g/mol. The quantitative estimate of drug-likeness (QED) is 0.506. The van der Waals surface area contributed by atoms with Crippen molar-refractivity contribution in [3.8, 4) is 0 Å². The molecule has 2 amide bonds. The zero-order valence-corrected chi connectivity index (χ0v) is 13.9. The van der Waals surface area contributed by atoms with Crippen molar-refractivity contribution in [2.75, 3.05) is 26.6 Å². The fraction of sp³-hybridized carbons (Fsp3) is 0.750. The average Bonchev–Trinajstić information content (AvgIpc) is 2.38. The minimum absolute atomic E-state index is 0.0459. The Kier molecular flexibility index (Phi) is 8.89. The van der Waals surface area contributed by atoms with E-state index in [0.717, 1.165) is 0 Å². The predicted octanol–water partition coefficient (Wildman–Crippen LogP) is 0.0181. The molecule has 0 saturated carbocycles. The topological polar surface area (TPSA) is 103 Å². The molecule has 21 heavy (non-hydrogen) atoms. The summed E-state index contributed by atoms with van der Waals surface area (Å²) in [5.74, 6) is -1.16. The highest BCUT2D eigenvalue weighted by Gasteiger charge is 2.24. The van der Waals surface area contributed by atoms with Gasteiger partial charge in [-0.15, -0.1) is 9.24 Å². The van der Waals surface area contributed by atoms with Crippen molar-refractivity contribution in [3.63, 3.8) is 0 Å². The van der Waals surface area contributed by atoms with Crippen LogP contribution in [-0.2, 0) is 23.8 Å². The molecule has 0 saturated heterocycles. The number of carbonyl (C=O) groups excluding carboxylic acids is 3. The summed E-state index contributed by atoms with van der Waals surface area (Å²) in [6.07, 6.45) is -0.440. The summed E-state index contributed by atoms with van der Waals surface area (Å²) in [7, 11) is 3.54. The molecule has 0 heterocycles. The van der Waals surface area contributed by atoms with Crippen molar-refractivity contribution in [3.05, 3.63) is 0 Å². The third kappa shape index (κ3) is 10.0. The van der Waals surface area contributed by atoms with Gasteiger partial charge in [0.1, 0.15) is 18.2 Å². The van der Waals surface area contributed by atoms with Crippen LogP contribution < -0.4 is 10.6 Å². The van der Waals surface area contributed by atoms with Crippen LogP contribution in [0.2, 0.25) is 0 Å². The average molecular weight is 322 g/mol. The van der Waals surface area contributed by atoms with Crippen LogP contribution in [0.1, 0.15) is 20.8 Å². The summed E-state index contributed by atoms with van der Waals surface area (Å²) in [5, 5.41) is 4.73. The maximum absolute atomic E-state index is 11.9. The molecule has 0 bridgehead atoms. The van der Waals surface area contributed by atoms with Crippen LogP contribution in [0.15, 0.2) is 0 Å². The van der Waals surface area contributed by atoms with Gasteiger partial charge in [0.2, 0.25) is 5.91 Å². The predicted molar refractivity (Wildman–Crippen MR) is 78.7 cm³/mol. The number of carbonyl (C=O) groups is 3. The van der Waals surface area contributed by atoms with Crippen LogP contribution in [0.4, 0.5) is 4.79 Å². The summed E-state index contributed by atoms with van der Waals surface area (Å²) in [4.78, 5) is 34.5. The van der Waals surface area contributed by atoms with E-state index in [4.69, 9.17) is 9.47 Å². The number of nitrogens with one attached hydrogen (secondary N) is 2. The second-order valence-electron chi connectivity index (χ2n) is 5.03. The van der Waals surface area contributed by atoms with Crippen molar-refractivity contribution in [1.82, 2.24) is 10.6 Å². The van der Waals surface area contributed by atoms with E-state index >= 15 is 0 Å². The Morgan fingerprint density at radius 2 is 1.86 bits per heavy atom. The van der Waals surface area contributed by atoms with Gasteiger partial charge in [-0.25, -0.2) is 4.79 Å². The second kappa shape index (κ2) is 9.52. The van der Waals surface area contributed by atoms with Gasteiger partial charge in [0, 0.05) is 0 Å². The lowest BCUT2D eigenvalue weighted by Crippen LogP contribution is -2.51. The van der Waals surface area contributed by atoms with E-state index in [9.17, 15) is 14.4 Å². The standard InChI is InChI=1S/C12H23N2O6P/c1-12(2,3)20-11(17)14-8(6-19-7-21)10(16)13-5-9(15)18-4/h8H,5-7,21H2,1-4H3,(H,13,16)(H,14,17). The van der Waals surface area contributed by atoms with Gasteiger partial charge in [-0.2, -0.15) is 0 Å². The smallest absolute Gasteiger partial charge is 0.408 e. The van der Waals surface area contributed by atoms with Crippen LogP contribution >= 0.6 is 9.24 Å². The fourth-order valence-electron chi connectivity index (χ4n) is 1.17. The molecule has 9 heteroatoms. The molecule has 0 radical (unpaired) electrons. The molecule has 0 aliphatic heterocycles. The van der Waals surface area contributed by atoms with Crippen molar-refractivity contribution in [2.45, 2.75) is 32.4 Å². The van der Waals surface area contributed by atoms with Gasteiger partial charge in [0.15, 0.2) is 0 Å². The lowest BCUT2D eigenvalue weighted by atomic mass is 10.2. The highest BCUT2D eigenvalue weighted by molar-refractivity contribution is 7.16. The third-order valence-corrected chi connectivity index (χ3v) is 2.28. The Balaban J connectivity index is 4.52. The Morgan fingerprint density at radius 3 is 2.33 bits per heavy atom. The number of methoxy groups -OCH3 is 1. The number of esters is 1. The maximum Gasteiger partial charge on any atom is 0.408 e. The lowest BCUT2D eigenvalue weighted by molar-refractivity contribution is -0.141. The van der Waals surface area contributed by atoms with Crippen LogP contribution in [0, 0.1) is 0 Å². The molecule has 0 aliphatic carbocycles. The Morgan fingerprint density at radius 1 is 1.24 bits per heavy atom. The normalized spacial score (nSPS) is 12.2. The largest absolute Gasteiger partial charge is 0.468 e. The number of amides is 2. The van der Waals surface area contributed by atoms with Crippen LogP contribution in [0.5, 0.6) is 0 Å². The number of ether oxygens (including phenoxy) is 3. The fourth-order valence-corrected chi connectivity index (χ4v) is 1.31. The van der Waals surface area contributed by atoms with Gasteiger partial charge in [0.05, 0.1) is 20.1 Å². The minimum atomic E-state index is -0.968. The van der Waals surface area contributed by atoms with E-state index in [1.807, 2.05) is 0 Å². The molecule has 2 atom stereocenters. The lowest BCUT2D eigenvalue weighted by Gasteiger charge is -2.23. The first kappa shape index (κ1) is 19.6. The van der Waals surface area contributed by atoms with E-state index in [1.165, 1.54) is 7.11 Å². The summed E-state index contributed by atoms with van der Waals surface area (Å²) in [6.45, 7) is 4.78. The SMILES string of the molecule is COC(=O)CNC(=O)C(COCP)NC(=O)OC(C)(C)C. The second-order valence-corrected chi connectivity index (χ2v) is 5.36. The number of hydrogen-bond donors (Lipinski definition) is 2. The van der Waals surface area contributed by atoms with Gasteiger partial charge in [-0.1, -0.05) is 0 Å². The number of hydrogen-bond acceptors (Lipinski definition) is 6. The molecule has 0 aromatic carbocycles. The molecule has 2 N–H and O–H groups in total.